The van der Waals surface area contributed by atoms with Crippen LogP contribution in [0.25, 0.3) is 0 Å². The summed E-state index contributed by atoms with van der Waals surface area (Å²) in [6.07, 6.45) is 2.30. The minimum atomic E-state index is -1.02. The molecule has 7 heteroatoms. The fraction of sp³-hybridized carbons (Fsp3) is 0.154. The maximum atomic E-state index is 13.3. The number of hydrogen-bond donors (Lipinski definition) is 1. The summed E-state index contributed by atoms with van der Waals surface area (Å²) in [5.41, 5.74) is -0.108. The first-order valence-corrected chi connectivity index (χ1v) is 5.71. The van der Waals surface area contributed by atoms with Crippen molar-refractivity contribution in [3.8, 4) is 0 Å². The monoisotopic (exact) mass is 281 g/mol. The largest absolute Gasteiger partial charge is 0.344 e. The number of rotatable bonds is 3. The smallest absolute Gasteiger partial charge is 0.275 e. The molecule has 0 aliphatic rings. The maximum absolute atomic E-state index is 13.3. The van der Waals surface area contributed by atoms with Crippen LogP contribution >= 0.6 is 0 Å². The highest BCUT2D eigenvalue weighted by molar-refractivity contribution is 5.92. The van der Waals surface area contributed by atoms with Crippen LogP contribution in [0.1, 0.15) is 29.0 Å². The van der Waals surface area contributed by atoms with Gasteiger partial charge in [0, 0.05) is 12.4 Å². The highest BCUT2D eigenvalue weighted by Crippen LogP contribution is 2.16. The number of aromatic nitrogens is 2. The molecule has 0 radical (unpaired) electrons. The molecule has 1 aromatic carbocycles. The molecule has 4 nitrogen and oxygen atoms in total. The summed E-state index contributed by atoms with van der Waals surface area (Å²) in [5, 5.41) is 2.43. The molecule has 104 valence electrons. The Labute approximate surface area is 112 Å². The Bertz CT molecular complexity index is 649. The Morgan fingerprint density at radius 2 is 1.85 bits per heavy atom. The molecule has 1 aromatic heterocycles. The molecule has 20 heavy (non-hydrogen) atoms. The number of benzene rings is 1. The lowest BCUT2D eigenvalue weighted by molar-refractivity contribution is 0.0929. The van der Waals surface area contributed by atoms with Crippen molar-refractivity contribution >= 4 is 5.91 Å². The zero-order valence-electron chi connectivity index (χ0n) is 10.4. The van der Waals surface area contributed by atoms with Gasteiger partial charge in [0.05, 0.1) is 6.04 Å². The molecule has 0 fully saturated rings. The lowest BCUT2D eigenvalue weighted by atomic mass is 10.1. The van der Waals surface area contributed by atoms with Gasteiger partial charge < -0.3 is 5.32 Å². The minimum Gasteiger partial charge on any atom is -0.344 e. The average molecular weight is 281 g/mol. The Kier molecular flexibility index (Phi) is 3.97. The summed E-state index contributed by atoms with van der Waals surface area (Å²) in [5.74, 6) is -3.78. The highest BCUT2D eigenvalue weighted by Gasteiger charge is 2.17. The topological polar surface area (TPSA) is 54.9 Å². The second-order valence-corrected chi connectivity index (χ2v) is 4.06. The fourth-order valence-corrected chi connectivity index (χ4v) is 1.60. The van der Waals surface area contributed by atoms with E-state index in [1.165, 1.54) is 12.3 Å². The van der Waals surface area contributed by atoms with Gasteiger partial charge in [0.1, 0.15) is 0 Å². The standard InChI is InChI=1S/C13H10F3N3O/c1-7(8-2-3-9(14)10(15)6-8)19-13(20)11-12(16)18-5-4-17-11/h2-7H,1H3,(H,19,20)/t7-/m0/s1. The molecule has 0 aliphatic heterocycles. The van der Waals surface area contributed by atoms with Gasteiger partial charge in [-0.1, -0.05) is 6.07 Å². The lowest BCUT2D eigenvalue weighted by Crippen LogP contribution is -2.28. The van der Waals surface area contributed by atoms with Crippen LogP contribution in [-0.4, -0.2) is 15.9 Å². The first kappa shape index (κ1) is 14.0. The van der Waals surface area contributed by atoms with E-state index < -0.39 is 35.2 Å². The average Bonchev–Trinajstić information content (AvgIpc) is 2.42. The molecule has 0 saturated carbocycles. The predicted octanol–water partition coefficient (Wildman–Crippen LogP) is 2.38. The van der Waals surface area contributed by atoms with Crippen LogP contribution in [0.3, 0.4) is 0 Å². The van der Waals surface area contributed by atoms with Gasteiger partial charge in [0.15, 0.2) is 17.3 Å². The van der Waals surface area contributed by atoms with Gasteiger partial charge in [-0.15, -0.1) is 0 Å². The van der Waals surface area contributed by atoms with E-state index in [0.717, 1.165) is 18.3 Å². The van der Waals surface area contributed by atoms with E-state index in [-0.39, 0.29) is 0 Å². The van der Waals surface area contributed by atoms with Gasteiger partial charge in [-0.2, -0.15) is 4.39 Å². The van der Waals surface area contributed by atoms with Gasteiger partial charge in [-0.3, -0.25) is 4.79 Å². The number of carbonyl (C=O) groups excluding carboxylic acids is 1. The first-order chi connectivity index (χ1) is 9.49. The molecule has 0 spiro atoms. The molecule has 2 rings (SSSR count). The van der Waals surface area contributed by atoms with E-state index in [4.69, 9.17) is 0 Å². The zero-order valence-corrected chi connectivity index (χ0v) is 10.4. The molecule has 0 saturated heterocycles. The summed E-state index contributed by atoms with van der Waals surface area (Å²) in [6, 6.07) is 2.61. The molecule has 0 bridgehead atoms. The SMILES string of the molecule is C[C@H](NC(=O)c1nccnc1F)c1ccc(F)c(F)c1. The van der Waals surface area contributed by atoms with Crippen LogP contribution in [0.4, 0.5) is 13.2 Å². The van der Waals surface area contributed by atoms with Crippen LogP contribution in [0, 0.1) is 17.6 Å². The van der Waals surface area contributed by atoms with Crippen LogP contribution < -0.4 is 5.32 Å². The number of carbonyl (C=O) groups is 1. The Balaban J connectivity index is 2.15. The van der Waals surface area contributed by atoms with Crippen molar-refractivity contribution in [1.82, 2.24) is 15.3 Å². The van der Waals surface area contributed by atoms with Crippen LogP contribution in [0.5, 0.6) is 0 Å². The van der Waals surface area contributed by atoms with E-state index in [0.29, 0.717) is 5.56 Å². The summed E-state index contributed by atoms with van der Waals surface area (Å²) in [4.78, 5) is 18.7. The Morgan fingerprint density at radius 1 is 1.15 bits per heavy atom. The van der Waals surface area contributed by atoms with E-state index >= 15 is 0 Å². The highest BCUT2D eigenvalue weighted by atomic mass is 19.2. The maximum Gasteiger partial charge on any atom is 0.275 e. The van der Waals surface area contributed by atoms with Gasteiger partial charge in [0.25, 0.3) is 5.91 Å². The van der Waals surface area contributed by atoms with Gasteiger partial charge in [0.2, 0.25) is 5.95 Å². The molecule has 1 N–H and O–H groups in total. The third-order valence-corrected chi connectivity index (χ3v) is 2.66. The van der Waals surface area contributed by atoms with Crippen LogP contribution in [0.2, 0.25) is 0 Å². The van der Waals surface area contributed by atoms with E-state index in [2.05, 4.69) is 15.3 Å². The van der Waals surface area contributed by atoms with E-state index in [1.807, 2.05) is 0 Å². The van der Waals surface area contributed by atoms with Crippen molar-refractivity contribution in [2.24, 2.45) is 0 Å². The van der Waals surface area contributed by atoms with Gasteiger partial charge in [-0.05, 0) is 24.6 Å². The quantitative estimate of drug-likeness (QED) is 0.939. The zero-order chi connectivity index (χ0) is 14.7. The molecular formula is C13H10F3N3O. The number of amides is 1. The van der Waals surface area contributed by atoms with Crippen molar-refractivity contribution < 1.29 is 18.0 Å². The molecule has 2 aromatic rings. The van der Waals surface area contributed by atoms with Crippen molar-refractivity contribution in [2.75, 3.05) is 0 Å². The van der Waals surface area contributed by atoms with Crippen LogP contribution in [-0.2, 0) is 0 Å². The molecule has 0 unspecified atom stereocenters. The second-order valence-electron chi connectivity index (χ2n) is 4.06. The first-order valence-electron chi connectivity index (χ1n) is 5.71. The third kappa shape index (κ3) is 2.93. The molecular weight excluding hydrogens is 271 g/mol. The summed E-state index contributed by atoms with van der Waals surface area (Å²) in [7, 11) is 0. The Morgan fingerprint density at radius 3 is 2.50 bits per heavy atom. The number of hydrogen-bond acceptors (Lipinski definition) is 3. The molecule has 1 amide bonds. The Hall–Kier alpha value is -2.44. The summed E-state index contributed by atoms with van der Waals surface area (Å²) in [6.45, 7) is 1.55. The van der Waals surface area contributed by atoms with E-state index in [9.17, 15) is 18.0 Å². The second kappa shape index (κ2) is 5.68. The normalized spacial score (nSPS) is 12.0. The minimum absolute atomic E-state index is 0.349. The van der Waals surface area contributed by atoms with Gasteiger partial charge >= 0.3 is 0 Å². The lowest BCUT2D eigenvalue weighted by Gasteiger charge is -2.14. The summed E-state index contributed by atoms with van der Waals surface area (Å²) < 4.78 is 39.2. The van der Waals surface area contributed by atoms with Crippen LogP contribution in [0.15, 0.2) is 30.6 Å². The van der Waals surface area contributed by atoms with Crippen molar-refractivity contribution in [2.45, 2.75) is 13.0 Å². The predicted molar refractivity (Wildman–Crippen MR) is 64.2 cm³/mol. The van der Waals surface area contributed by atoms with E-state index in [1.54, 1.807) is 6.92 Å². The third-order valence-electron chi connectivity index (χ3n) is 2.66. The number of nitrogens with one attached hydrogen (secondary N) is 1. The van der Waals surface area contributed by atoms with Gasteiger partial charge in [-0.25, -0.2) is 18.7 Å². The summed E-state index contributed by atoms with van der Waals surface area (Å²) >= 11 is 0. The molecule has 1 heterocycles. The van der Waals surface area contributed by atoms with Crippen molar-refractivity contribution in [3.63, 3.8) is 0 Å². The van der Waals surface area contributed by atoms with Crippen molar-refractivity contribution in [3.05, 3.63) is 59.4 Å². The number of halogens is 3. The number of nitrogens with zero attached hydrogens (tertiary/aromatic N) is 2. The molecule has 1 atom stereocenters. The molecule has 0 aliphatic carbocycles. The fourth-order valence-electron chi connectivity index (χ4n) is 1.60. The van der Waals surface area contributed by atoms with Crippen molar-refractivity contribution in [1.29, 1.82) is 0 Å².